The molecule has 0 saturated carbocycles. The third-order valence-electron chi connectivity index (χ3n) is 8.19. The van der Waals surface area contributed by atoms with E-state index in [1.54, 1.807) is 7.11 Å². The molecular formula is C28H32N8O2. The fourth-order valence-electron chi connectivity index (χ4n) is 6.24. The van der Waals surface area contributed by atoms with Crippen LogP contribution in [0.3, 0.4) is 0 Å². The van der Waals surface area contributed by atoms with Gasteiger partial charge in [-0.2, -0.15) is 5.10 Å². The van der Waals surface area contributed by atoms with Gasteiger partial charge in [0, 0.05) is 49.6 Å². The van der Waals surface area contributed by atoms with E-state index in [2.05, 4.69) is 48.3 Å². The van der Waals surface area contributed by atoms with Gasteiger partial charge in [-0.1, -0.05) is 0 Å². The van der Waals surface area contributed by atoms with E-state index >= 15 is 0 Å². The fraction of sp³-hybridized carbons (Fsp3) is 0.429. The zero-order valence-corrected chi connectivity index (χ0v) is 21.9. The predicted molar refractivity (Wildman–Crippen MR) is 147 cm³/mol. The first-order valence-corrected chi connectivity index (χ1v) is 13.4. The van der Waals surface area contributed by atoms with Gasteiger partial charge in [-0.25, -0.2) is 14.5 Å². The van der Waals surface area contributed by atoms with Gasteiger partial charge in [-0.15, -0.1) is 5.10 Å². The summed E-state index contributed by atoms with van der Waals surface area (Å²) in [6.45, 7) is 6.76. The predicted octanol–water partition coefficient (Wildman–Crippen LogP) is 4.05. The number of nitrogens with one attached hydrogen (secondary N) is 1. The molecule has 3 aliphatic rings. The molecule has 2 saturated heterocycles. The summed E-state index contributed by atoms with van der Waals surface area (Å²) in [5, 5.41) is 12.8. The van der Waals surface area contributed by atoms with Gasteiger partial charge in [0.05, 0.1) is 42.6 Å². The molecule has 0 radical (unpaired) electrons. The van der Waals surface area contributed by atoms with E-state index in [1.807, 2.05) is 36.2 Å². The highest BCUT2D eigenvalue weighted by atomic mass is 16.5. The highest BCUT2D eigenvalue weighted by molar-refractivity contribution is 6.00. The van der Waals surface area contributed by atoms with Gasteiger partial charge in [0.2, 0.25) is 0 Å². The van der Waals surface area contributed by atoms with Crippen LogP contribution >= 0.6 is 0 Å². The second kappa shape index (κ2) is 9.13. The second-order valence-corrected chi connectivity index (χ2v) is 10.5. The van der Waals surface area contributed by atoms with Gasteiger partial charge in [0.25, 0.3) is 0 Å². The molecule has 10 heteroatoms. The lowest BCUT2D eigenvalue weighted by Crippen LogP contribution is -2.68. The minimum Gasteiger partial charge on any atom is -0.492 e. The smallest absolute Gasteiger partial charge is 0.187 e. The van der Waals surface area contributed by atoms with E-state index in [9.17, 15) is 0 Å². The highest BCUT2D eigenvalue weighted by Crippen LogP contribution is 2.41. The van der Waals surface area contributed by atoms with Gasteiger partial charge in [-0.3, -0.25) is 10.00 Å². The van der Waals surface area contributed by atoms with Crippen LogP contribution in [0.4, 0.5) is 5.82 Å². The third-order valence-corrected chi connectivity index (χ3v) is 8.19. The summed E-state index contributed by atoms with van der Waals surface area (Å²) < 4.78 is 13.0. The van der Waals surface area contributed by atoms with Crippen molar-refractivity contribution in [2.24, 2.45) is 4.99 Å². The lowest BCUT2D eigenvalue weighted by atomic mass is 9.86. The van der Waals surface area contributed by atoms with E-state index < -0.39 is 0 Å². The monoisotopic (exact) mass is 512 g/mol. The molecule has 4 aromatic rings. The van der Waals surface area contributed by atoms with Gasteiger partial charge >= 0.3 is 0 Å². The molecule has 2 fully saturated rings. The molecule has 0 aliphatic carbocycles. The molecule has 0 atom stereocenters. The first-order chi connectivity index (χ1) is 18.7. The molecule has 4 aromatic heterocycles. The minimum absolute atomic E-state index is 0.245. The molecule has 0 unspecified atom stereocenters. The Morgan fingerprint density at radius 1 is 1.16 bits per heavy atom. The van der Waals surface area contributed by atoms with Crippen LogP contribution in [0.1, 0.15) is 32.6 Å². The largest absolute Gasteiger partial charge is 0.492 e. The van der Waals surface area contributed by atoms with Crippen molar-refractivity contribution in [1.82, 2.24) is 29.7 Å². The molecule has 10 nitrogen and oxygen atoms in total. The summed E-state index contributed by atoms with van der Waals surface area (Å²) in [4.78, 5) is 14.4. The number of rotatable bonds is 6. The van der Waals surface area contributed by atoms with Crippen LogP contribution in [0.5, 0.6) is 5.75 Å². The normalized spacial score (nSPS) is 19.2. The van der Waals surface area contributed by atoms with Crippen LogP contribution in [-0.4, -0.2) is 81.0 Å². The number of hydrogen-bond donors (Lipinski definition) is 1. The molecular weight excluding hydrogens is 480 g/mol. The van der Waals surface area contributed by atoms with Crippen molar-refractivity contribution < 1.29 is 9.47 Å². The van der Waals surface area contributed by atoms with E-state index in [-0.39, 0.29) is 5.54 Å². The average Bonchev–Trinajstić information content (AvgIpc) is 3.63. The number of ether oxygens (including phenoxy) is 2. The zero-order valence-electron chi connectivity index (χ0n) is 21.9. The maximum absolute atomic E-state index is 5.83. The van der Waals surface area contributed by atoms with Crippen molar-refractivity contribution in [3.05, 3.63) is 48.6 Å². The number of nitrogens with zero attached hydrogens (tertiary/aromatic N) is 7. The molecule has 3 aliphatic heterocycles. The van der Waals surface area contributed by atoms with Gasteiger partial charge in [0.15, 0.2) is 11.5 Å². The van der Waals surface area contributed by atoms with Crippen molar-refractivity contribution in [2.75, 3.05) is 44.8 Å². The summed E-state index contributed by atoms with van der Waals surface area (Å²) in [6.07, 6.45) is 12.1. The van der Waals surface area contributed by atoms with Crippen LogP contribution in [0.15, 0.2) is 53.6 Å². The number of anilines is 1. The number of fused-ring (bicyclic) bond motifs is 3. The number of methoxy groups -OCH3 is 1. The zero-order chi connectivity index (χ0) is 25.7. The van der Waals surface area contributed by atoms with Crippen molar-refractivity contribution in [3.8, 4) is 16.9 Å². The Labute approximate surface area is 221 Å². The molecule has 0 aromatic carbocycles. The molecule has 1 N–H and O–H groups in total. The Kier molecular flexibility index (Phi) is 5.57. The number of pyridine rings is 2. The number of aliphatic imine (C=N–C) groups is 1. The Morgan fingerprint density at radius 3 is 2.84 bits per heavy atom. The van der Waals surface area contributed by atoms with E-state index in [4.69, 9.17) is 14.5 Å². The Hall–Kier alpha value is -3.92. The number of hydrogen-bond acceptors (Lipinski definition) is 8. The van der Waals surface area contributed by atoms with Crippen molar-refractivity contribution in [3.63, 3.8) is 0 Å². The van der Waals surface area contributed by atoms with Crippen LogP contribution < -0.4 is 9.64 Å². The summed E-state index contributed by atoms with van der Waals surface area (Å²) in [7, 11) is 1.70. The SMILES string of the molecule is CCOc1cc(-c2ccc(N3CC4(CCCN4CC4=CN=C(OC)CC4)C3)nc2)c2c3cn[nH]c3nn2c1. The van der Waals surface area contributed by atoms with Crippen molar-refractivity contribution in [2.45, 2.75) is 38.1 Å². The second-order valence-electron chi connectivity index (χ2n) is 10.5. The Morgan fingerprint density at radius 2 is 2.08 bits per heavy atom. The third kappa shape index (κ3) is 3.82. The molecule has 0 amide bonds. The van der Waals surface area contributed by atoms with Crippen LogP contribution in [0.2, 0.25) is 0 Å². The Balaban J connectivity index is 1.10. The van der Waals surface area contributed by atoms with E-state index in [1.165, 1.54) is 18.4 Å². The quantitative estimate of drug-likeness (QED) is 0.416. The Bertz CT molecular complexity index is 1540. The van der Waals surface area contributed by atoms with Gasteiger partial charge < -0.3 is 14.4 Å². The molecule has 1 spiro atoms. The molecule has 38 heavy (non-hydrogen) atoms. The number of H-pyrrole nitrogens is 1. The maximum atomic E-state index is 5.83. The van der Waals surface area contributed by atoms with Crippen molar-refractivity contribution >= 4 is 28.3 Å². The first kappa shape index (κ1) is 23.2. The summed E-state index contributed by atoms with van der Waals surface area (Å²) in [5.74, 6) is 2.64. The summed E-state index contributed by atoms with van der Waals surface area (Å²) in [6, 6.07) is 6.36. The number of aromatic amines is 1. The molecule has 7 heterocycles. The van der Waals surface area contributed by atoms with Crippen LogP contribution in [-0.2, 0) is 4.74 Å². The number of aromatic nitrogens is 5. The maximum Gasteiger partial charge on any atom is 0.187 e. The van der Waals surface area contributed by atoms with Crippen molar-refractivity contribution in [1.29, 1.82) is 0 Å². The van der Waals surface area contributed by atoms with Crippen LogP contribution in [0, 0.1) is 0 Å². The fourth-order valence-corrected chi connectivity index (χ4v) is 6.24. The first-order valence-electron chi connectivity index (χ1n) is 13.4. The topological polar surface area (TPSA) is 96.2 Å². The number of likely N-dealkylation sites (tertiary alicyclic amines) is 1. The average molecular weight is 513 g/mol. The lowest BCUT2D eigenvalue weighted by Gasteiger charge is -2.53. The van der Waals surface area contributed by atoms with Gasteiger partial charge in [0.1, 0.15) is 11.6 Å². The summed E-state index contributed by atoms with van der Waals surface area (Å²) >= 11 is 0. The van der Waals surface area contributed by atoms with Crippen LogP contribution in [0.25, 0.3) is 27.7 Å². The molecule has 7 rings (SSSR count). The minimum atomic E-state index is 0.245. The highest BCUT2D eigenvalue weighted by Gasteiger charge is 2.50. The van der Waals surface area contributed by atoms with E-state index in [0.29, 0.717) is 6.61 Å². The van der Waals surface area contributed by atoms with Gasteiger partial charge in [-0.05, 0) is 56.5 Å². The molecule has 0 bridgehead atoms. The lowest BCUT2D eigenvalue weighted by molar-refractivity contribution is 0.112. The summed E-state index contributed by atoms with van der Waals surface area (Å²) in [5.41, 5.74) is 5.46. The standard InChI is InChI=1S/C28H32N8O2/c1-3-38-21-11-22(26-23-14-31-32-27(23)33-36(26)16-21)20-6-7-24(29-13-20)34-17-28(18-34)9-4-10-35(28)15-19-5-8-25(37-2)30-12-19/h6-7,11-14,16H,3-5,8-10,15,17-18H2,1-2H3,(H,32,33). The molecule has 196 valence electrons. The van der Waals surface area contributed by atoms with E-state index in [0.717, 1.165) is 84.2 Å².